The fourth-order valence-electron chi connectivity index (χ4n) is 2.13. The van der Waals surface area contributed by atoms with Gasteiger partial charge >= 0.3 is 0 Å². The summed E-state index contributed by atoms with van der Waals surface area (Å²) >= 11 is 11.6. The number of benzene rings is 2. The largest absolute Gasteiger partial charge is 0.353 e. The van der Waals surface area contributed by atoms with Crippen LogP contribution in [0.2, 0.25) is 10.0 Å². The molecule has 0 spiro atoms. The lowest BCUT2D eigenvalue weighted by Crippen LogP contribution is -2.09. The van der Waals surface area contributed by atoms with E-state index in [0.717, 1.165) is 12.0 Å². The molecule has 0 fully saturated rings. The van der Waals surface area contributed by atoms with Crippen LogP contribution in [-0.4, -0.2) is 21.7 Å². The van der Waals surface area contributed by atoms with E-state index in [9.17, 15) is 4.39 Å². The molecule has 2 aromatic carbocycles. The van der Waals surface area contributed by atoms with E-state index in [-0.39, 0.29) is 5.02 Å². The lowest BCUT2D eigenvalue weighted by Gasteiger charge is -2.08. The smallest absolute Gasteiger partial charge is 0.244 e. The SMILES string of the molecule is Fc1ccc(Nc2cnnc(NCCc3ccc(Cl)cc3)n2)cc1Cl. The first-order chi connectivity index (χ1) is 12.1. The molecular formula is C17H14Cl2FN5. The third-order valence-corrected chi connectivity index (χ3v) is 3.90. The van der Waals surface area contributed by atoms with Crippen LogP contribution in [0.25, 0.3) is 0 Å². The maximum Gasteiger partial charge on any atom is 0.244 e. The predicted molar refractivity (Wildman–Crippen MR) is 98.2 cm³/mol. The van der Waals surface area contributed by atoms with E-state index < -0.39 is 5.82 Å². The number of halogens is 3. The summed E-state index contributed by atoms with van der Waals surface area (Å²) in [6, 6.07) is 12.0. The molecule has 1 heterocycles. The van der Waals surface area contributed by atoms with Crippen LogP contribution in [0.3, 0.4) is 0 Å². The van der Waals surface area contributed by atoms with Gasteiger partial charge in [-0.3, -0.25) is 0 Å². The standard InChI is InChI=1S/C17H14Cl2FN5/c18-12-3-1-11(2-4-12)7-8-21-17-24-16(10-22-25-17)23-13-5-6-15(20)14(19)9-13/h1-6,9-10H,7-8H2,(H2,21,23,24,25). The summed E-state index contributed by atoms with van der Waals surface area (Å²) in [6.45, 7) is 0.648. The summed E-state index contributed by atoms with van der Waals surface area (Å²) in [5.41, 5.74) is 1.76. The summed E-state index contributed by atoms with van der Waals surface area (Å²) in [4.78, 5) is 4.31. The van der Waals surface area contributed by atoms with Crippen molar-refractivity contribution in [2.75, 3.05) is 17.2 Å². The van der Waals surface area contributed by atoms with Crippen LogP contribution in [0.1, 0.15) is 5.56 Å². The van der Waals surface area contributed by atoms with Gasteiger partial charge in [-0.1, -0.05) is 35.3 Å². The van der Waals surface area contributed by atoms with Crippen molar-refractivity contribution in [3.8, 4) is 0 Å². The molecule has 3 rings (SSSR count). The Morgan fingerprint density at radius 3 is 2.60 bits per heavy atom. The predicted octanol–water partition coefficient (Wildman–Crippen LogP) is 4.72. The molecular weight excluding hydrogens is 364 g/mol. The minimum atomic E-state index is -0.474. The van der Waals surface area contributed by atoms with Crippen LogP contribution < -0.4 is 10.6 Å². The van der Waals surface area contributed by atoms with Gasteiger partial charge in [0, 0.05) is 17.3 Å². The molecule has 0 radical (unpaired) electrons. The average molecular weight is 378 g/mol. The molecule has 3 aromatic rings. The Kier molecular flexibility index (Phi) is 5.63. The Balaban J connectivity index is 1.59. The first kappa shape index (κ1) is 17.4. The number of anilines is 3. The van der Waals surface area contributed by atoms with Crippen LogP contribution in [0.4, 0.5) is 21.8 Å². The number of rotatable bonds is 6. The maximum atomic E-state index is 13.2. The topological polar surface area (TPSA) is 62.7 Å². The molecule has 0 amide bonds. The normalized spacial score (nSPS) is 10.5. The Morgan fingerprint density at radius 1 is 1.04 bits per heavy atom. The summed E-state index contributed by atoms with van der Waals surface area (Å²) in [6.07, 6.45) is 2.27. The molecule has 128 valence electrons. The zero-order valence-corrected chi connectivity index (χ0v) is 14.5. The molecule has 0 aliphatic heterocycles. The fourth-order valence-corrected chi connectivity index (χ4v) is 2.44. The number of nitrogens with one attached hydrogen (secondary N) is 2. The highest BCUT2D eigenvalue weighted by Crippen LogP contribution is 2.21. The molecule has 0 aliphatic rings. The van der Waals surface area contributed by atoms with Crippen LogP contribution >= 0.6 is 23.2 Å². The zero-order valence-electron chi connectivity index (χ0n) is 13.0. The maximum absolute atomic E-state index is 13.2. The quantitative estimate of drug-likeness (QED) is 0.650. The van der Waals surface area contributed by atoms with Crippen molar-refractivity contribution in [3.63, 3.8) is 0 Å². The van der Waals surface area contributed by atoms with E-state index in [0.29, 0.717) is 29.0 Å². The van der Waals surface area contributed by atoms with Gasteiger partial charge in [0.2, 0.25) is 5.95 Å². The van der Waals surface area contributed by atoms with E-state index in [4.69, 9.17) is 23.2 Å². The van der Waals surface area contributed by atoms with Gasteiger partial charge in [0.05, 0.1) is 11.2 Å². The molecule has 0 bridgehead atoms. The molecule has 1 aromatic heterocycles. The summed E-state index contributed by atoms with van der Waals surface area (Å²) < 4.78 is 13.2. The Bertz CT molecular complexity index is 858. The first-order valence-electron chi connectivity index (χ1n) is 7.50. The van der Waals surface area contributed by atoms with E-state index >= 15 is 0 Å². The van der Waals surface area contributed by atoms with Gasteiger partial charge in [-0.2, -0.15) is 10.1 Å². The summed E-state index contributed by atoms with van der Waals surface area (Å²) in [7, 11) is 0. The lowest BCUT2D eigenvalue weighted by atomic mass is 10.1. The highest BCUT2D eigenvalue weighted by molar-refractivity contribution is 6.31. The first-order valence-corrected chi connectivity index (χ1v) is 8.26. The monoisotopic (exact) mass is 377 g/mol. The lowest BCUT2D eigenvalue weighted by molar-refractivity contribution is 0.628. The van der Waals surface area contributed by atoms with Gasteiger partial charge in [0.15, 0.2) is 5.82 Å². The molecule has 8 heteroatoms. The number of nitrogens with zero attached hydrogens (tertiary/aromatic N) is 3. The molecule has 0 atom stereocenters. The van der Waals surface area contributed by atoms with Gasteiger partial charge in [0.25, 0.3) is 0 Å². The molecule has 5 nitrogen and oxygen atoms in total. The van der Waals surface area contributed by atoms with Crippen molar-refractivity contribution in [1.82, 2.24) is 15.2 Å². The van der Waals surface area contributed by atoms with Crippen LogP contribution in [0.15, 0.2) is 48.7 Å². The second-order valence-corrected chi connectivity index (χ2v) is 6.07. The highest BCUT2D eigenvalue weighted by Gasteiger charge is 2.04. The van der Waals surface area contributed by atoms with Gasteiger partial charge in [0.1, 0.15) is 5.82 Å². The van der Waals surface area contributed by atoms with Crippen molar-refractivity contribution >= 4 is 40.7 Å². The van der Waals surface area contributed by atoms with Gasteiger partial charge < -0.3 is 10.6 Å². The molecule has 0 saturated carbocycles. The second-order valence-electron chi connectivity index (χ2n) is 5.22. The van der Waals surface area contributed by atoms with Crippen molar-refractivity contribution in [2.24, 2.45) is 0 Å². The van der Waals surface area contributed by atoms with E-state index in [1.54, 1.807) is 6.07 Å². The van der Waals surface area contributed by atoms with E-state index in [1.165, 1.54) is 18.3 Å². The minimum Gasteiger partial charge on any atom is -0.353 e. The van der Waals surface area contributed by atoms with Crippen molar-refractivity contribution in [3.05, 3.63) is 70.1 Å². The second kappa shape index (κ2) is 8.09. The molecule has 0 unspecified atom stereocenters. The average Bonchev–Trinajstić information content (AvgIpc) is 2.60. The fraction of sp³-hybridized carbons (Fsp3) is 0.118. The highest BCUT2D eigenvalue weighted by atomic mass is 35.5. The number of hydrogen-bond acceptors (Lipinski definition) is 5. The van der Waals surface area contributed by atoms with Crippen LogP contribution in [0, 0.1) is 5.82 Å². The van der Waals surface area contributed by atoms with Crippen LogP contribution in [0.5, 0.6) is 0 Å². The molecule has 0 saturated heterocycles. The molecule has 0 aliphatic carbocycles. The Labute approximate surface area is 154 Å². The Morgan fingerprint density at radius 2 is 1.84 bits per heavy atom. The molecule has 25 heavy (non-hydrogen) atoms. The molecule has 2 N–H and O–H groups in total. The minimum absolute atomic E-state index is 0.0355. The van der Waals surface area contributed by atoms with E-state index in [2.05, 4.69) is 25.8 Å². The van der Waals surface area contributed by atoms with Crippen molar-refractivity contribution < 1.29 is 4.39 Å². The summed E-state index contributed by atoms with van der Waals surface area (Å²) in [5.74, 6) is 0.399. The van der Waals surface area contributed by atoms with Gasteiger partial charge in [-0.25, -0.2) is 4.39 Å². The van der Waals surface area contributed by atoms with E-state index in [1.807, 2.05) is 24.3 Å². The third kappa shape index (κ3) is 5.01. The summed E-state index contributed by atoms with van der Waals surface area (Å²) in [5, 5.41) is 14.7. The van der Waals surface area contributed by atoms with Gasteiger partial charge in [-0.15, -0.1) is 5.10 Å². The zero-order chi connectivity index (χ0) is 17.6. The van der Waals surface area contributed by atoms with Crippen LogP contribution in [-0.2, 0) is 6.42 Å². The Hall–Kier alpha value is -2.44. The number of aromatic nitrogens is 3. The van der Waals surface area contributed by atoms with Crippen molar-refractivity contribution in [2.45, 2.75) is 6.42 Å². The number of hydrogen-bond donors (Lipinski definition) is 2. The third-order valence-electron chi connectivity index (χ3n) is 3.36. The van der Waals surface area contributed by atoms with Gasteiger partial charge in [-0.05, 0) is 42.3 Å². The van der Waals surface area contributed by atoms with Crippen molar-refractivity contribution in [1.29, 1.82) is 0 Å².